The monoisotopic (exact) mass is 455 g/mol. The lowest BCUT2D eigenvalue weighted by atomic mass is 9.97. The molecule has 170 valence electrons. The Morgan fingerprint density at radius 2 is 1.47 bits per heavy atom. The fourth-order valence-corrected chi connectivity index (χ4v) is 4.05. The van der Waals surface area contributed by atoms with Crippen molar-refractivity contribution in [1.82, 2.24) is 19.9 Å². The highest BCUT2D eigenvalue weighted by molar-refractivity contribution is 6.11. The van der Waals surface area contributed by atoms with Gasteiger partial charge in [-0.25, -0.2) is 19.9 Å². The Morgan fingerprint density at radius 3 is 2.15 bits per heavy atom. The third-order valence-electron chi connectivity index (χ3n) is 5.64. The van der Waals surface area contributed by atoms with Crippen LogP contribution >= 0.6 is 0 Å². The van der Waals surface area contributed by atoms with Crippen molar-refractivity contribution in [2.45, 2.75) is 6.04 Å². The summed E-state index contributed by atoms with van der Waals surface area (Å²) in [6.45, 7) is 0. The highest BCUT2D eigenvalue weighted by Gasteiger charge is 2.41. The predicted molar refractivity (Wildman–Crippen MR) is 124 cm³/mol. The molecule has 2 aromatic carbocycles. The Bertz CT molecular complexity index is 1350. The van der Waals surface area contributed by atoms with Crippen LogP contribution < -0.4 is 19.1 Å². The number of anilines is 1. The van der Waals surface area contributed by atoms with E-state index in [0.717, 1.165) is 16.9 Å². The minimum absolute atomic E-state index is 0.213. The number of methoxy groups -OCH3 is 3. The van der Waals surface area contributed by atoms with E-state index in [1.807, 2.05) is 30.3 Å². The van der Waals surface area contributed by atoms with E-state index in [1.54, 1.807) is 63.0 Å². The minimum atomic E-state index is -0.451. The molecule has 1 aliphatic rings. The van der Waals surface area contributed by atoms with Gasteiger partial charge in [0.1, 0.15) is 11.6 Å². The molecule has 2 aromatic heterocycles. The van der Waals surface area contributed by atoms with Crippen LogP contribution in [0.25, 0.3) is 11.6 Å². The van der Waals surface area contributed by atoms with Crippen molar-refractivity contribution in [2.24, 2.45) is 0 Å². The average molecular weight is 455 g/mol. The number of hydrogen-bond donors (Lipinski definition) is 0. The number of ether oxygens (including phenoxy) is 3. The van der Waals surface area contributed by atoms with Crippen molar-refractivity contribution in [3.05, 3.63) is 83.8 Å². The number of carbonyl (C=O) groups excluding carboxylic acids is 1. The molecule has 3 heterocycles. The number of rotatable bonds is 6. The van der Waals surface area contributed by atoms with E-state index >= 15 is 0 Å². The molecule has 9 nitrogen and oxygen atoms in total. The number of carbonyl (C=O) groups is 1. The van der Waals surface area contributed by atoms with Gasteiger partial charge in [0.2, 0.25) is 0 Å². The van der Waals surface area contributed by atoms with E-state index in [4.69, 9.17) is 14.2 Å². The molecule has 1 amide bonds. The zero-order valence-electron chi connectivity index (χ0n) is 18.8. The van der Waals surface area contributed by atoms with Crippen LogP contribution in [0.1, 0.15) is 27.5 Å². The summed E-state index contributed by atoms with van der Waals surface area (Å²) in [7, 11) is 4.72. The summed E-state index contributed by atoms with van der Waals surface area (Å²) in [4.78, 5) is 32.8. The maximum absolute atomic E-state index is 13.7. The van der Waals surface area contributed by atoms with Crippen molar-refractivity contribution in [3.8, 4) is 28.9 Å². The van der Waals surface area contributed by atoms with Gasteiger partial charge in [-0.3, -0.25) is 9.69 Å². The van der Waals surface area contributed by atoms with Gasteiger partial charge in [0.05, 0.1) is 27.4 Å². The van der Waals surface area contributed by atoms with E-state index in [-0.39, 0.29) is 5.91 Å². The van der Waals surface area contributed by atoms with Crippen molar-refractivity contribution < 1.29 is 19.0 Å². The lowest BCUT2D eigenvalue weighted by Crippen LogP contribution is -2.29. The molecule has 4 aromatic rings. The van der Waals surface area contributed by atoms with Gasteiger partial charge < -0.3 is 14.2 Å². The molecule has 9 heteroatoms. The number of fused-ring (bicyclic) bond motifs is 1. The first-order valence-electron chi connectivity index (χ1n) is 10.5. The lowest BCUT2D eigenvalue weighted by molar-refractivity contribution is 0.0992. The molecule has 0 saturated heterocycles. The molecule has 0 bridgehead atoms. The molecule has 1 aliphatic heterocycles. The minimum Gasteiger partial charge on any atom is -0.497 e. The first-order valence-corrected chi connectivity index (χ1v) is 10.5. The SMILES string of the molecule is COc1ccc(C2c3cc(OC)c(OC)cc3C(=O)N2c2ccnc(-c3ncccn3)n2)cc1. The van der Waals surface area contributed by atoms with E-state index < -0.39 is 6.04 Å². The van der Waals surface area contributed by atoms with Crippen LogP contribution in [0.2, 0.25) is 0 Å². The average Bonchev–Trinajstić information content (AvgIpc) is 3.19. The summed E-state index contributed by atoms with van der Waals surface area (Å²) < 4.78 is 16.3. The first kappa shape index (κ1) is 21.3. The van der Waals surface area contributed by atoms with Crippen LogP contribution in [0.4, 0.5) is 5.82 Å². The van der Waals surface area contributed by atoms with Crippen LogP contribution in [-0.4, -0.2) is 47.2 Å². The number of hydrogen-bond acceptors (Lipinski definition) is 8. The summed E-state index contributed by atoms with van der Waals surface area (Å²) in [6, 6.07) is 14.1. The van der Waals surface area contributed by atoms with Gasteiger partial charge >= 0.3 is 0 Å². The third-order valence-corrected chi connectivity index (χ3v) is 5.64. The van der Waals surface area contributed by atoms with Crippen molar-refractivity contribution in [3.63, 3.8) is 0 Å². The van der Waals surface area contributed by atoms with E-state index in [1.165, 1.54) is 0 Å². The zero-order chi connectivity index (χ0) is 23.7. The molecule has 0 fully saturated rings. The number of nitrogens with zero attached hydrogens (tertiary/aromatic N) is 5. The van der Waals surface area contributed by atoms with Crippen molar-refractivity contribution in [2.75, 3.05) is 26.2 Å². The van der Waals surface area contributed by atoms with Crippen LogP contribution in [0.5, 0.6) is 17.2 Å². The van der Waals surface area contributed by atoms with E-state index in [2.05, 4.69) is 19.9 Å². The standard InChI is InChI=1S/C25H21N5O4/c1-32-16-7-5-15(6-8-16)22-17-13-19(33-2)20(34-3)14-18(17)25(31)30(22)21-9-12-28-24(29-21)23-26-10-4-11-27-23/h4-14,22H,1-3H3. The van der Waals surface area contributed by atoms with Crippen molar-refractivity contribution in [1.29, 1.82) is 0 Å². The summed E-state index contributed by atoms with van der Waals surface area (Å²) in [5, 5.41) is 0. The molecule has 1 atom stereocenters. The highest BCUT2D eigenvalue weighted by Crippen LogP contribution is 2.45. The van der Waals surface area contributed by atoms with Gasteiger partial charge in [-0.2, -0.15) is 0 Å². The maximum Gasteiger partial charge on any atom is 0.260 e. The lowest BCUT2D eigenvalue weighted by Gasteiger charge is -2.25. The van der Waals surface area contributed by atoms with E-state index in [9.17, 15) is 4.79 Å². The molecule has 0 N–H and O–H groups in total. The molecule has 34 heavy (non-hydrogen) atoms. The van der Waals surface area contributed by atoms with Crippen LogP contribution in [0, 0.1) is 0 Å². The van der Waals surface area contributed by atoms with Gasteiger partial charge in [-0.1, -0.05) is 12.1 Å². The Kier molecular flexibility index (Phi) is 5.51. The number of aromatic nitrogens is 4. The second-order valence-electron chi connectivity index (χ2n) is 7.46. The molecule has 0 radical (unpaired) electrons. The normalized spacial score (nSPS) is 14.6. The molecule has 1 unspecified atom stereocenters. The summed E-state index contributed by atoms with van der Waals surface area (Å²) in [5.41, 5.74) is 2.18. The fourth-order valence-electron chi connectivity index (χ4n) is 4.05. The van der Waals surface area contributed by atoms with Gasteiger partial charge in [0.25, 0.3) is 5.91 Å². The number of amides is 1. The summed E-state index contributed by atoms with van der Waals surface area (Å²) in [5.74, 6) is 2.65. The molecule has 0 spiro atoms. The Balaban J connectivity index is 1.68. The number of benzene rings is 2. The highest BCUT2D eigenvalue weighted by atomic mass is 16.5. The fraction of sp³-hybridized carbons (Fsp3) is 0.160. The predicted octanol–water partition coefficient (Wildman–Crippen LogP) is 3.71. The van der Waals surface area contributed by atoms with Gasteiger partial charge in [0, 0.05) is 24.2 Å². The largest absolute Gasteiger partial charge is 0.497 e. The quantitative estimate of drug-likeness (QED) is 0.434. The Hall–Kier alpha value is -4.53. The summed E-state index contributed by atoms with van der Waals surface area (Å²) in [6.07, 6.45) is 4.83. The zero-order valence-corrected chi connectivity index (χ0v) is 18.8. The second-order valence-corrected chi connectivity index (χ2v) is 7.46. The van der Waals surface area contributed by atoms with Crippen LogP contribution in [-0.2, 0) is 0 Å². The van der Waals surface area contributed by atoms with Gasteiger partial charge in [-0.15, -0.1) is 0 Å². The molecular weight excluding hydrogens is 434 g/mol. The van der Waals surface area contributed by atoms with Gasteiger partial charge in [-0.05, 0) is 47.5 Å². The Morgan fingerprint density at radius 1 is 0.794 bits per heavy atom. The summed E-state index contributed by atoms with van der Waals surface area (Å²) >= 11 is 0. The topological polar surface area (TPSA) is 99.6 Å². The molecule has 0 saturated carbocycles. The maximum atomic E-state index is 13.7. The molecule has 0 aliphatic carbocycles. The smallest absolute Gasteiger partial charge is 0.260 e. The molecular formula is C25H21N5O4. The Labute approximate surface area is 196 Å². The van der Waals surface area contributed by atoms with Crippen LogP contribution in [0.3, 0.4) is 0 Å². The second kappa shape index (κ2) is 8.78. The molecule has 5 rings (SSSR count). The van der Waals surface area contributed by atoms with Crippen molar-refractivity contribution >= 4 is 11.7 Å². The van der Waals surface area contributed by atoms with Gasteiger partial charge in [0.15, 0.2) is 23.1 Å². The third kappa shape index (κ3) is 3.57. The van der Waals surface area contributed by atoms with Crippen LogP contribution in [0.15, 0.2) is 67.1 Å². The van der Waals surface area contributed by atoms with E-state index in [0.29, 0.717) is 34.5 Å². The first-order chi connectivity index (χ1) is 16.6.